The van der Waals surface area contributed by atoms with Gasteiger partial charge in [0.15, 0.2) is 5.16 Å². The Labute approximate surface area is 127 Å². The Morgan fingerprint density at radius 2 is 2.24 bits per heavy atom. The molecule has 21 heavy (non-hydrogen) atoms. The lowest BCUT2D eigenvalue weighted by atomic mass is 10.1. The van der Waals surface area contributed by atoms with Crippen molar-refractivity contribution < 1.29 is 14.6 Å². The van der Waals surface area contributed by atoms with Crippen LogP contribution in [0.1, 0.15) is 32.2 Å². The average Bonchev–Trinajstić information content (AvgIpc) is 3.05. The molecule has 0 aromatic carbocycles. The number of likely N-dealkylation sites (N-methyl/N-ethyl adjacent to an activating group) is 1. The quantitative estimate of drug-likeness (QED) is 0.795. The number of aromatic nitrogens is 3. The van der Waals surface area contributed by atoms with Gasteiger partial charge in [-0.05, 0) is 26.2 Å². The molecule has 2 atom stereocenters. The largest absolute Gasteiger partial charge is 0.481 e. The van der Waals surface area contributed by atoms with Crippen LogP contribution in [0.25, 0.3) is 0 Å². The highest BCUT2D eigenvalue weighted by Crippen LogP contribution is 2.41. The molecule has 1 saturated carbocycles. The molecule has 1 aromatic heterocycles. The van der Waals surface area contributed by atoms with Crippen LogP contribution >= 0.6 is 11.8 Å². The molecule has 3 rings (SSSR count). The van der Waals surface area contributed by atoms with E-state index in [0.29, 0.717) is 17.2 Å². The van der Waals surface area contributed by atoms with E-state index in [0.717, 1.165) is 31.8 Å². The number of hydrogen-bond donors (Lipinski definition) is 1. The van der Waals surface area contributed by atoms with E-state index in [9.17, 15) is 4.79 Å². The Morgan fingerprint density at radius 1 is 1.48 bits per heavy atom. The van der Waals surface area contributed by atoms with Crippen LogP contribution in [0.15, 0.2) is 5.16 Å². The molecule has 2 aliphatic rings. The van der Waals surface area contributed by atoms with E-state index in [1.54, 1.807) is 0 Å². The summed E-state index contributed by atoms with van der Waals surface area (Å²) in [6.07, 6.45) is 3.37. The fraction of sp³-hybridized carbons (Fsp3) is 0.769. The molecule has 116 valence electrons. The maximum Gasteiger partial charge on any atom is 0.313 e. The standard InChI is InChI=1S/C13H20N4O3S/c1-8-10(5-6-20-8)16(2)12-14-15-13(21-7-11(18)19)17(12)9-3-4-9/h8-10H,3-7H2,1-2H3,(H,18,19). The van der Waals surface area contributed by atoms with Crippen LogP contribution in [0.4, 0.5) is 5.95 Å². The highest BCUT2D eigenvalue weighted by atomic mass is 32.2. The van der Waals surface area contributed by atoms with Crippen molar-refractivity contribution in [2.45, 2.75) is 49.5 Å². The highest BCUT2D eigenvalue weighted by molar-refractivity contribution is 7.99. The summed E-state index contributed by atoms with van der Waals surface area (Å²) < 4.78 is 7.72. The highest BCUT2D eigenvalue weighted by Gasteiger charge is 2.35. The van der Waals surface area contributed by atoms with Crippen LogP contribution in [-0.2, 0) is 9.53 Å². The lowest BCUT2D eigenvalue weighted by Crippen LogP contribution is -2.38. The van der Waals surface area contributed by atoms with Gasteiger partial charge in [0.1, 0.15) is 0 Å². The molecule has 0 radical (unpaired) electrons. The van der Waals surface area contributed by atoms with Crippen molar-refractivity contribution in [1.29, 1.82) is 0 Å². The van der Waals surface area contributed by atoms with Gasteiger partial charge < -0.3 is 14.7 Å². The van der Waals surface area contributed by atoms with E-state index in [1.807, 2.05) is 7.05 Å². The van der Waals surface area contributed by atoms with Crippen molar-refractivity contribution in [2.24, 2.45) is 0 Å². The Balaban J connectivity index is 1.82. The lowest BCUT2D eigenvalue weighted by Gasteiger charge is -2.27. The molecule has 8 heteroatoms. The van der Waals surface area contributed by atoms with E-state index >= 15 is 0 Å². The van der Waals surface area contributed by atoms with E-state index in [2.05, 4.69) is 26.6 Å². The number of nitrogens with zero attached hydrogens (tertiary/aromatic N) is 4. The van der Waals surface area contributed by atoms with E-state index in [4.69, 9.17) is 9.84 Å². The number of hydrogen-bond acceptors (Lipinski definition) is 6. The molecule has 2 unspecified atom stereocenters. The number of rotatable bonds is 6. The minimum absolute atomic E-state index is 0.0114. The third-order valence-corrected chi connectivity index (χ3v) is 4.96. The predicted octanol–water partition coefficient (Wildman–Crippen LogP) is 1.40. The van der Waals surface area contributed by atoms with Gasteiger partial charge in [0, 0.05) is 19.7 Å². The molecule has 7 nitrogen and oxygen atoms in total. The number of anilines is 1. The predicted molar refractivity (Wildman–Crippen MR) is 78.9 cm³/mol. The van der Waals surface area contributed by atoms with Crippen molar-refractivity contribution in [2.75, 3.05) is 24.3 Å². The molecule has 0 spiro atoms. The third-order valence-electron chi connectivity index (χ3n) is 4.03. The molecule has 1 aromatic rings. The van der Waals surface area contributed by atoms with E-state index < -0.39 is 5.97 Å². The summed E-state index contributed by atoms with van der Waals surface area (Å²) >= 11 is 1.24. The fourth-order valence-electron chi connectivity index (χ4n) is 2.76. The molecule has 0 amide bonds. The summed E-state index contributed by atoms with van der Waals surface area (Å²) in [5.41, 5.74) is 0. The van der Waals surface area contributed by atoms with Gasteiger partial charge in [-0.2, -0.15) is 0 Å². The normalized spacial score (nSPS) is 25.2. The summed E-state index contributed by atoms with van der Waals surface area (Å²) in [5.74, 6) is 0.00291. The number of carboxylic acids is 1. The summed E-state index contributed by atoms with van der Waals surface area (Å²) in [4.78, 5) is 12.9. The van der Waals surface area contributed by atoms with Gasteiger partial charge in [-0.3, -0.25) is 9.36 Å². The van der Waals surface area contributed by atoms with Crippen molar-refractivity contribution in [3.05, 3.63) is 0 Å². The summed E-state index contributed by atoms with van der Waals surface area (Å²) in [6.45, 7) is 2.85. The molecule has 1 aliphatic carbocycles. The molecular formula is C13H20N4O3S. The number of carbonyl (C=O) groups is 1. The minimum Gasteiger partial charge on any atom is -0.481 e. The second kappa shape index (κ2) is 5.84. The van der Waals surface area contributed by atoms with Gasteiger partial charge in [0.2, 0.25) is 5.95 Å². The molecule has 0 bridgehead atoms. The Kier molecular flexibility index (Phi) is 4.08. The number of ether oxygens (including phenoxy) is 1. The van der Waals surface area contributed by atoms with Gasteiger partial charge in [0.05, 0.1) is 17.9 Å². The molecule has 1 saturated heterocycles. The smallest absolute Gasteiger partial charge is 0.313 e. The maximum absolute atomic E-state index is 10.8. The second-order valence-corrected chi connectivity index (χ2v) is 6.55. The fourth-order valence-corrected chi connectivity index (χ4v) is 3.49. The van der Waals surface area contributed by atoms with Crippen LogP contribution in [0, 0.1) is 0 Å². The second-order valence-electron chi connectivity index (χ2n) is 5.61. The zero-order valence-electron chi connectivity index (χ0n) is 12.2. The Bertz CT molecular complexity index is 531. The zero-order chi connectivity index (χ0) is 15.0. The lowest BCUT2D eigenvalue weighted by molar-refractivity contribution is -0.133. The van der Waals surface area contributed by atoms with Crippen LogP contribution in [0.3, 0.4) is 0 Å². The first-order chi connectivity index (χ1) is 10.1. The Hall–Kier alpha value is -1.28. The average molecular weight is 312 g/mol. The number of thioether (sulfide) groups is 1. The zero-order valence-corrected chi connectivity index (χ0v) is 13.0. The van der Waals surface area contributed by atoms with Crippen molar-refractivity contribution in [3.63, 3.8) is 0 Å². The SMILES string of the molecule is CC1OCCC1N(C)c1nnc(SCC(=O)O)n1C1CC1. The van der Waals surface area contributed by atoms with Gasteiger partial charge in [-0.25, -0.2) is 0 Å². The number of carboxylic acid groups (broad SMARTS) is 1. The van der Waals surface area contributed by atoms with Crippen LogP contribution in [-0.4, -0.2) is 57.4 Å². The Morgan fingerprint density at radius 3 is 2.81 bits per heavy atom. The van der Waals surface area contributed by atoms with Crippen LogP contribution < -0.4 is 4.90 Å². The minimum atomic E-state index is -0.835. The molecule has 2 heterocycles. The molecular weight excluding hydrogens is 292 g/mol. The number of aliphatic carboxylic acids is 1. The first kappa shape index (κ1) is 14.6. The first-order valence-corrected chi connectivity index (χ1v) is 8.20. The summed E-state index contributed by atoms with van der Waals surface area (Å²) in [5, 5.41) is 18.0. The summed E-state index contributed by atoms with van der Waals surface area (Å²) in [7, 11) is 2.02. The monoisotopic (exact) mass is 312 g/mol. The van der Waals surface area contributed by atoms with Gasteiger partial charge >= 0.3 is 5.97 Å². The van der Waals surface area contributed by atoms with Crippen molar-refractivity contribution in [3.8, 4) is 0 Å². The maximum atomic E-state index is 10.8. The molecule has 1 N–H and O–H groups in total. The van der Waals surface area contributed by atoms with Crippen molar-refractivity contribution >= 4 is 23.7 Å². The van der Waals surface area contributed by atoms with Crippen LogP contribution in [0.2, 0.25) is 0 Å². The molecule has 2 fully saturated rings. The summed E-state index contributed by atoms with van der Waals surface area (Å²) in [6, 6.07) is 0.704. The first-order valence-electron chi connectivity index (χ1n) is 7.22. The van der Waals surface area contributed by atoms with Gasteiger partial charge in [-0.1, -0.05) is 11.8 Å². The van der Waals surface area contributed by atoms with Crippen molar-refractivity contribution in [1.82, 2.24) is 14.8 Å². The topological polar surface area (TPSA) is 80.5 Å². The molecule has 1 aliphatic heterocycles. The van der Waals surface area contributed by atoms with Crippen LogP contribution in [0.5, 0.6) is 0 Å². The van der Waals surface area contributed by atoms with Gasteiger partial charge in [0.25, 0.3) is 0 Å². The van der Waals surface area contributed by atoms with E-state index in [-0.39, 0.29) is 11.9 Å². The third kappa shape index (κ3) is 3.01. The van der Waals surface area contributed by atoms with E-state index in [1.165, 1.54) is 11.8 Å². The van der Waals surface area contributed by atoms with Gasteiger partial charge in [-0.15, -0.1) is 10.2 Å².